The molecule has 2 unspecified atom stereocenters. The van der Waals surface area contributed by atoms with Crippen LogP contribution in [0.1, 0.15) is 31.4 Å². The zero-order chi connectivity index (χ0) is 18.3. The summed E-state index contributed by atoms with van der Waals surface area (Å²) in [4.78, 5) is 39.6. The molecule has 0 saturated carbocycles. The molecule has 4 amide bonds. The maximum Gasteiger partial charge on any atom is 0.327 e. The molecule has 26 heavy (non-hydrogen) atoms. The van der Waals surface area contributed by atoms with Crippen LogP contribution in [0, 0.1) is 0 Å². The molecule has 2 aromatic rings. The van der Waals surface area contributed by atoms with Crippen LogP contribution in [0.5, 0.6) is 0 Å². The summed E-state index contributed by atoms with van der Waals surface area (Å²) in [6, 6.07) is 13.2. The molecule has 0 bridgehead atoms. The van der Waals surface area contributed by atoms with Crippen LogP contribution in [0.25, 0.3) is 10.8 Å². The normalized spacial score (nSPS) is 20.6. The van der Waals surface area contributed by atoms with Crippen LogP contribution < -0.4 is 5.32 Å². The van der Waals surface area contributed by atoms with E-state index in [2.05, 4.69) is 5.32 Å². The molecule has 2 aliphatic rings. The molecule has 0 radical (unpaired) electrons. The molecule has 134 valence electrons. The van der Waals surface area contributed by atoms with Gasteiger partial charge in [0.25, 0.3) is 5.91 Å². The Kier molecular flexibility index (Phi) is 4.11. The van der Waals surface area contributed by atoms with Crippen LogP contribution >= 0.6 is 0 Å². The fourth-order valence-electron chi connectivity index (χ4n) is 3.82. The minimum absolute atomic E-state index is 0.209. The highest BCUT2D eigenvalue weighted by Crippen LogP contribution is 2.27. The largest absolute Gasteiger partial charge is 0.348 e. The zero-order valence-corrected chi connectivity index (χ0v) is 14.6. The van der Waals surface area contributed by atoms with E-state index in [1.54, 1.807) is 4.90 Å². The molecule has 2 aromatic carbocycles. The minimum atomic E-state index is -0.367. The lowest BCUT2D eigenvalue weighted by Gasteiger charge is -2.18. The van der Waals surface area contributed by atoms with E-state index in [1.165, 1.54) is 0 Å². The van der Waals surface area contributed by atoms with Gasteiger partial charge in [0, 0.05) is 6.54 Å². The molecule has 6 heteroatoms. The number of hydrogen-bond acceptors (Lipinski definition) is 3. The Hall–Kier alpha value is -2.89. The van der Waals surface area contributed by atoms with Gasteiger partial charge in [-0.2, -0.15) is 0 Å². The van der Waals surface area contributed by atoms with Gasteiger partial charge in [0.15, 0.2) is 0 Å². The molecule has 2 atom stereocenters. The van der Waals surface area contributed by atoms with Crippen molar-refractivity contribution in [2.75, 3.05) is 13.1 Å². The highest BCUT2D eigenvalue weighted by Gasteiger charge is 2.47. The van der Waals surface area contributed by atoms with Crippen LogP contribution in [0.3, 0.4) is 0 Å². The van der Waals surface area contributed by atoms with Crippen molar-refractivity contribution in [3.05, 3.63) is 48.0 Å². The van der Waals surface area contributed by atoms with E-state index in [0.717, 1.165) is 27.7 Å². The van der Waals surface area contributed by atoms with Gasteiger partial charge in [0.1, 0.15) is 12.6 Å². The van der Waals surface area contributed by atoms with Gasteiger partial charge in [-0.25, -0.2) is 4.79 Å². The van der Waals surface area contributed by atoms with E-state index in [-0.39, 0.29) is 36.5 Å². The maximum atomic E-state index is 12.4. The molecule has 2 fully saturated rings. The quantitative estimate of drug-likeness (QED) is 0.860. The second-order valence-electron chi connectivity index (χ2n) is 6.95. The van der Waals surface area contributed by atoms with Crippen LogP contribution in [0.2, 0.25) is 0 Å². The van der Waals surface area contributed by atoms with Gasteiger partial charge < -0.3 is 10.2 Å². The highest BCUT2D eigenvalue weighted by molar-refractivity contribution is 6.06. The molecule has 2 heterocycles. The van der Waals surface area contributed by atoms with Gasteiger partial charge in [-0.15, -0.1) is 0 Å². The van der Waals surface area contributed by atoms with E-state index in [1.807, 2.05) is 49.4 Å². The summed E-state index contributed by atoms with van der Waals surface area (Å²) in [5, 5.41) is 5.14. The molecule has 1 N–H and O–H groups in total. The van der Waals surface area contributed by atoms with Crippen LogP contribution in [-0.4, -0.2) is 46.8 Å². The van der Waals surface area contributed by atoms with E-state index in [9.17, 15) is 14.4 Å². The molecule has 2 saturated heterocycles. The predicted octanol–water partition coefficient (Wildman–Crippen LogP) is 2.44. The summed E-state index contributed by atoms with van der Waals surface area (Å²) in [6.07, 6.45) is 1.54. The van der Waals surface area contributed by atoms with Gasteiger partial charge in [-0.1, -0.05) is 36.4 Å². The molecule has 0 aliphatic carbocycles. The Morgan fingerprint density at radius 2 is 1.96 bits per heavy atom. The van der Waals surface area contributed by atoms with E-state index in [0.29, 0.717) is 13.0 Å². The number of hydrogen-bond donors (Lipinski definition) is 1. The lowest BCUT2D eigenvalue weighted by atomic mass is 10.0. The first-order chi connectivity index (χ1) is 12.5. The Morgan fingerprint density at radius 3 is 2.73 bits per heavy atom. The van der Waals surface area contributed by atoms with E-state index in [4.69, 9.17) is 0 Å². The Balaban J connectivity index is 1.42. The highest BCUT2D eigenvalue weighted by atomic mass is 16.2. The topological polar surface area (TPSA) is 69.7 Å². The summed E-state index contributed by atoms with van der Waals surface area (Å²) in [7, 11) is 0. The van der Waals surface area contributed by atoms with Crippen molar-refractivity contribution < 1.29 is 14.4 Å². The minimum Gasteiger partial charge on any atom is -0.348 e. The zero-order valence-electron chi connectivity index (χ0n) is 14.6. The monoisotopic (exact) mass is 351 g/mol. The van der Waals surface area contributed by atoms with Crippen molar-refractivity contribution in [2.45, 2.75) is 31.8 Å². The average Bonchev–Trinajstić information content (AvgIpc) is 3.21. The fourth-order valence-corrected chi connectivity index (χ4v) is 3.82. The second kappa shape index (κ2) is 6.44. The molecular weight excluding hydrogens is 330 g/mol. The number of fused-ring (bicyclic) bond motifs is 2. The van der Waals surface area contributed by atoms with Gasteiger partial charge in [0.05, 0.1) is 6.04 Å². The van der Waals surface area contributed by atoms with E-state index >= 15 is 0 Å². The summed E-state index contributed by atoms with van der Waals surface area (Å²) in [5.41, 5.74) is 0.983. The summed E-state index contributed by atoms with van der Waals surface area (Å²) >= 11 is 0. The molecule has 6 nitrogen and oxygen atoms in total. The Labute approximate surface area is 151 Å². The molecule has 0 aromatic heterocycles. The Morgan fingerprint density at radius 1 is 1.19 bits per heavy atom. The number of urea groups is 1. The number of nitrogens with zero attached hydrogens (tertiary/aromatic N) is 2. The number of rotatable bonds is 4. The van der Waals surface area contributed by atoms with Crippen LogP contribution in [-0.2, 0) is 9.59 Å². The molecule has 0 spiro atoms. The first kappa shape index (κ1) is 16.6. The number of imide groups is 1. The number of benzene rings is 2. The first-order valence-electron chi connectivity index (χ1n) is 8.94. The third-order valence-electron chi connectivity index (χ3n) is 5.23. The third kappa shape index (κ3) is 2.81. The lowest BCUT2D eigenvalue weighted by Crippen LogP contribution is -2.42. The number of nitrogens with one attached hydrogen (secondary N) is 1. The van der Waals surface area contributed by atoms with Crippen molar-refractivity contribution in [1.29, 1.82) is 0 Å². The first-order valence-corrected chi connectivity index (χ1v) is 8.94. The maximum absolute atomic E-state index is 12.4. The second-order valence-corrected chi connectivity index (χ2v) is 6.95. The standard InChI is InChI=1S/C20H21N3O3/c1-13(15-9-8-14-5-2-3-6-16(14)11-15)21-18(24)12-23-19(25)17-7-4-10-22(17)20(23)26/h2-3,5-6,8-9,11,13,17H,4,7,10,12H2,1H3,(H,21,24). The van der Waals surface area contributed by atoms with Gasteiger partial charge in [-0.3, -0.25) is 14.5 Å². The SMILES string of the molecule is CC(NC(=O)CN1C(=O)C2CCCN2C1=O)c1ccc2ccccc2c1. The summed E-state index contributed by atoms with van der Waals surface area (Å²) < 4.78 is 0. The molecular formula is C20H21N3O3. The van der Waals surface area contributed by atoms with Gasteiger partial charge >= 0.3 is 6.03 Å². The Bertz CT molecular complexity index is 873. The average molecular weight is 351 g/mol. The van der Waals surface area contributed by atoms with Crippen LogP contribution in [0.4, 0.5) is 4.79 Å². The van der Waals surface area contributed by atoms with Crippen molar-refractivity contribution >= 4 is 28.6 Å². The van der Waals surface area contributed by atoms with Crippen molar-refractivity contribution in [1.82, 2.24) is 15.1 Å². The summed E-state index contributed by atoms with van der Waals surface area (Å²) in [6.45, 7) is 2.28. The van der Waals surface area contributed by atoms with Crippen molar-refractivity contribution in [2.24, 2.45) is 0 Å². The number of amides is 4. The van der Waals surface area contributed by atoms with Crippen molar-refractivity contribution in [3.63, 3.8) is 0 Å². The summed E-state index contributed by atoms with van der Waals surface area (Å²) in [5.74, 6) is -0.574. The predicted molar refractivity (Wildman–Crippen MR) is 97.3 cm³/mol. The van der Waals surface area contributed by atoms with Crippen molar-refractivity contribution in [3.8, 4) is 0 Å². The molecule has 2 aliphatic heterocycles. The van der Waals surface area contributed by atoms with Crippen LogP contribution in [0.15, 0.2) is 42.5 Å². The molecule has 4 rings (SSSR count). The number of carbonyl (C=O) groups is 3. The third-order valence-corrected chi connectivity index (χ3v) is 5.23. The van der Waals surface area contributed by atoms with E-state index < -0.39 is 0 Å². The lowest BCUT2D eigenvalue weighted by molar-refractivity contribution is -0.132. The van der Waals surface area contributed by atoms with Gasteiger partial charge in [-0.05, 0) is 42.2 Å². The number of carbonyl (C=O) groups excluding carboxylic acids is 3. The fraction of sp³-hybridized carbons (Fsp3) is 0.350. The van der Waals surface area contributed by atoms with Gasteiger partial charge in [0.2, 0.25) is 5.91 Å². The smallest absolute Gasteiger partial charge is 0.327 e.